The number of aromatic nitrogens is 4. The summed E-state index contributed by atoms with van der Waals surface area (Å²) in [6, 6.07) is 3.48. The number of fused-ring (bicyclic) bond motifs is 1. The first-order chi connectivity index (χ1) is 13.8. The molecule has 0 aliphatic heterocycles. The standard InChI is InChI=1S/C21H25BrFN5O/c1-11-4-6-12(7-5-11)16(13-10-25-28(3)18(13)20(24)29)21-26-15-9-8-14(22)17(23)19(15)27(21)2/h8-12,16H,4-7H2,1-3H3,(H2,24,29)/t11?,12?,16-/m0/s1. The molecule has 1 aliphatic carbocycles. The number of nitrogens with zero attached hydrogens (tertiary/aromatic N) is 4. The molecule has 1 atom stereocenters. The summed E-state index contributed by atoms with van der Waals surface area (Å²) in [7, 11) is 3.55. The number of hydrogen-bond donors (Lipinski definition) is 1. The average molecular weight is 462 g/mol. The summed E-state index contributed by atoms with van der Waals surface area (Å²) in [5, 5.41) is 4.31. The number of rotatable bonds is 4. The molecular formula is C21H25BrFN5O. The summed E-state index contributed by atoms with van der Waals surface area (Å²) < 4.78 is 18.6. The third-order valence-electron chi connectivity index (χ3n) is 6.31. The van der Waals surface area contributed by atoms with Gasteiger partial charge in [0.1, 0.15) is 17.0 Å². The smallest absolute Gasteiger partial charge is 0.267 e. The van der Waals surface area contributed by atoms with Crippen molar-refractivity contribution in [3.8, 4) is 0 Å². The minimum absolute atomic E-state index is 0.172. The van der Waals surface area contributed by atoms with Crippen LogP contribution in [0.3, 0.4) is 0 Å². The molecule has 1 aliphatic rings. The molecule has 3 aromatic rings. The molecule has 4 rings (SSSR count). The number of aryl methyl sites for hydroxylation is 2. The van der Waals surface area contributed by atoms with E-state index in [2.05, 4.69) is 28.0 Å². The molecule has 1 saturated carbocycles. The van der Waals surface area contributed by atoms with Gasteiger partial charge in [-0.25, -0.2) is 9.37 Å². The van der Waals surface area contributed by atoms with Crippen LogP contribution in [0.5, 0.6) is 0 Å². The quantitative estimate of drug-likeness (QED) is 0.629. The van der Waals surface area contributed by atoms with Crippen LogP contribution in [0.15, 0.2) is 22.8 Å². The summed E-state index contributed by atoms with van der Waals surface area (Å²) >= 11 is 3.27. The highest BCUT2D eigenvalue weighted by molar-refractivity contribution is 9.10. The molecular weight excluding hydrogens is 437 g/mol. The van der Waals surface area contributed by atoms with E-state index in [0.29, 0.717) is 27.1 Å². The lowest BCUT2D eigenvalue weighted by Crippen LogP contribution is -2.26. The Labute approximate surface area is 177 Å². The Kier molecular flexibility index (Phi) is 5.23. The molecule has 1 amide bonds. The van der Waals surface area contributed by atoms with Crippen molar-refractivity contribution in [3.05, 3.63) is 45.7 Å². The van der Waals surface area contributed by atoms with Crippen LogP contribution in [0.25, 0.3) is 11.0 Å². The Morgan fingerprint density at radius 1 is 1.28 bits per heavy atom. The lowest BCUT2D eigenvalue weighted by molar-refractivity contribution is 0.0989. The van der Waals surface area contributed by atoms with Gasteiger partial charge in [0.05, 0.1) is 16.2 Å². The second-order valence-electron chi connectivity index (χ2n) is 8.19. The summed E-state index contributed by atoms with van der Waals surface area (Å²) in [5.41, 5.74) is 7.91. The van der Waals surface area contributed by atoms with E-state index in [1.165, 1.54) is 4.68 Å². The van der Waals surface area contributed by atoms with Crippen LogP contribution in [-0.4, -0.2) is 25.2 Å². The molecule has 1 fully saturated rings. The molecule has 29 heavy (non-hydrogen) atoms. The van der Waals surface area contributed by atoms with E-state index in [0.717, 1.165) is 37.1 Å². The molecule has 0 unspecified atom stereocenters. The normalized spacial score (nSPS) is 20.9. The number of imidazole rings is 1. The number of halogens is 2. The Morgan fingerprint density at radius 3 is 2.62 bits per heavy atom. The third kappa shape index (κ3) is 3.37. The van der Waals surface area contributed by atoms with E-state index in [-0.39, 0.29) is 17.7 Å². The van der Waals surface area contributed by atoms with Crippen molar-refractivity contribution in [2.24, 2.45) is 31.7 Å². The van der Waals surface area contributed by atoms with Crippen molar-refractivity contribution in [1.82, 2.24) is 19.3 Å². The van der Waals surface area contributed by atoms with Crippen LogP contribution < -0.4 is 5.73 Å². The van der Waals surface area contributed by atoms with Gasteiger partial charge in [0, 0.05) is 25.6 Å². The zero-order valence-corrected chi connectivity index (χ0v) is 18.4. The number of benzene rings is 1. The monoisotopic (exact) mass is 461 g/mol. The zero-order valence-electron chi connectivity index (χ0n) is 16.8. The molecule has 154 valence electrons. The molecule has 0 saturated heterocycles. The predicted molar refractivity (Wildman–Crippen MR) is 113 cm³/mol. The van der Waals surface area contributed by atoms with Gasteiger partial charge in [0.25, 0.3) is 5.91 Å². The highest BCUT2D eigenvalue weighted by atomic mass is 79.9. The fourth-order valence-corrected chi connectivity index (χ4v) is 5.06. The van der Waals surface area contributed by atoms with Crippen LogP contribution in [0.2, 0.25) is 0 Å². The first-order valence-corrected chi connectivity index (χ1v) is 10.7. The Morgan fingerprint density at radius 2 is 1.97 bits per heavy atom. The fourth-order valence-electron chi connectivity index (χ4n) is 4.74. The van der Waals surface area contributed by atoms with Gasteiger partial charge < -0.3 is 10.3 Å². The minimum atomic E-state index is -0.512. The summed E-state index contributed by atoms with van der Waals surface area (Å²) in [6.07, 6.45) is 6.01. The number of carbonyl (C=O) groups excluding carboxylic acids is 1. The van der Waals surface area contributed by atoms with Crippen molar-refractivity contribution in [1.29, 1.82) is 0 Å². The first-order valence-electron chi connectivity index (χ1n) is 9.91. The molecule has 2 aromatic heterocycles. The van der Waals surface area contributed by atoms with Crippen molar-refractivity contribution in [3.63, 3.8) is 0 Å². The topological polar surface area (TPSA) is 78.7 Å². The molecule has 0 radical (unpaired) electrons. The fraction of sp³-hybridized carbons (Fsp3) is 0.476. The molecule has 1 aromatic carbocycles. The van der Waals surface area contributed by atoms with Crippen molar-refractivity contribution < 1.29 is 9.18 Å². The van der Waals surface area contributed by atoms with Gasteiger partial charge in [-0.05, 0) is 52.7 Å². The van der Waals surface area contributed by atoms with Gasteiger partial charge >= 0.3 is 0 Å². The Bertz CT molecular complexity index is 1080. The average Bonchev–Trinajstić information content (AvgIpc) is 3.21. The van der Waals surface area contributed by atoms with Crippen molar-refractivity contribution in [2.45, 2.75) is 38.5 Å². The molecule has 2 N–H and O–H groups in total. The lowest BCUT2D eigenvalue weighted by atomic mass is 9.73. The third-order valence-corrected chi connectivity index (χ3v) is 6.92. The van der Waals surface area contributed by atoms with Crippen LogP contribution in [0, 0.1) is 17.7 Å². The van der Waals surface area contributed by atoms with Gasteiger partial charge in [0.2, 0.25) is 0 Å². The van der Waals surface area contributed by atoms with E-state index in [9.17, 15) is 9.18 Å². The van der Waals surface area contributed by atoms with Gasteiger partial charge in [-0.15, -0.1) is 0 Å². The summed E-state index contributed by atoms with van der Waals surface area (Å²) in [6.45, 7) is 2.27. The second kappa shape index (κ2) is 7.55. The highest BCUT2D eigenvalue weighted by Crippen LogP contribution is 2.43. The van der Waals surface area contributed by atoms with Gasteiger partial charge in [-0.3, -0.25) is 9.48 Å². The number of nitrogens with two attached hydrogens (primary N) is 1. The highest BCUT2D eigenvalue weighted by Gasteiger charge is 2.35. The Hall–Kier alpha value is -2.22. The van der Waals surface area contributed by atoms with Crippen molar-refractivity contribution in [2.75, 3.05) is 0 Å². The number of primary amides is 1. The summed E-state index contributed by atoms with van der Waals surface area (Å²) in [4.78, 5) is 17.0. The molecule has 2 heterocycles. The maximum absolute atomic E-state index is 14.8. The van der Waals surface area contributed by atoms with Gasteiger partial charge in [-0.2, -0.15) is 5.10 Å². The Balaban J connectivity index is 1.92. The van der Waals surface area contributed by atoms with E-state index < -0.39 is 5.91 Å². The van der Waals surface area contributed by atoms with Crippen LogP contribution in [0.1, 0.15) is 60.4 Å². The molecule has 8 heteroatoms. The number of hydrogen-bond acceptors (Lipinski definition) is 3. The van der Waals surface area contributed by atoms with Gasteiger partial charge in [0.15, 0.2) is 5.82 Å². The number of amides is 1. The molecule has 0 bridgehead atoms. The van der Waals surface area contributed by atoms with Crippen LogP contribution in [-0.2, 0) is 14.1 Å². The second-order valence-corrected chi connectivity index (χ2v) is 9.05. The number of carbonyl (C=O) groups is 1. The minimum Gasteiger partial charge on any atom is -0.364 e. The van der Waals surface area contributed by atoms with Crippen LogP contribution in [0.4, 0.5) is 4.39 Å². The van der Waals surface area contributed by atoms with E-state index in [1.54, 1.807) is 19.3 Å². The van der Waals surface area contributed by atoms with Crippen LogP contribution >= 0.6 is 15.9 Å². The molecule has 0 spiro atoms. The predicted octanol–water partition coefficient (Wildman–Crippen LogP) is 4.27. The summed E-state index contributed by atoms with van der Waals surface area (Å²) in [5.74, 6) is 0.699. The van der Waals surface area contributed by atoms with E-state index in [4.69, 9.17) is 10.7 Å². The van der Waals surface area contributed by atoms with E-state index in [1.807, 2.05) is 17.7 Å². The van der Waals surface area contributed by atoms with Crippen molar-refractivity contribution >= 4 is 32.9 Å². The largest absolute Gasteiger partial charge is 0.364 e. The van der Waals surface area contributed by atoms with Gasteiger partial charge in [-0.1, -0.05) is 19.8 Å². The maximum atomic E-state index is 14.8. The zero-order chi connectivity index (χ0) is 20.9. The maximum Gasteiger partial charge on any atom is 0.267 e. The first kappa shape index (κ1) is 20.1. The van der Waals surface area contributed by atoms with E-state index >= 15 is 0 Å². The lowest BCUT2D eigenvalue weighted by Gasteiger charge is -2.32. The molecule has 6 nitrogen and oxygen atoms in total. The SMILES string of the molecule is CC1CCC([C@@H](c2cnn(C)c2C(N)=O)c2nc3ccc(Br)c(F)c3n2C)CC1.